The van der Waals surface area contributed by atoms with Crippen LogP contribution in [0.25, 0.3) is 11.3 Å². The normalized spacial score (nSPS) is 15.4. The second-order valence-electron chi connectivity index (χ2n) is 8.16. The summed E-state index contributed by atoms with van der Waals surface area (Å²) in [6, 6.07) is 15.6. The highest BCUT2D eigenvalue weighted by atomic mass is 16.7. The lowest BCUT2D eigenvalue weighted by molar-refractivity contribution is -0.125. The Bertz CT molecular complexity index is 1130. The minimum atomic E-state index is -0.00171. The van der Waals surface area contributed by atoms with E-state index in [4.69, 9.17) is 14.2 Å². The monoisotopic (exact) mass is 446 g/mol. The summed E-state index contributed by atoms with van der Waals surface area (Å²) in [6.45, 7) is 2.28. The van der Waals surface area contributed by atoms with Crippen LogP contribution in [-0.4, -0.2) is 42.9 Å². The molecule has 1 amide bonds. The number of nitrogens with one attached hydrogen (secondary N) is 1. The fourth-order valence-electron chi connectivity index (χ4n) is 4.19. The van der Waals surface area contributed by atoms with Crippen molar-refractivity contribution in [2.45, 2.75) is 19.4 Å². The molecule has 1 fully saturated rings. The molecule has 0 saturated carbocycles. The number of piperidine rings is 1. The van der Waals surface area contributed by atoms with Gasteiger partial charge in [-0.1, -0.05) is 6.07 Å². The number of methoxy groups -OCH3 is 1. The van der Waals surface area contributed by atoms with E-state index in [1.807, 2.05) is 48.5 Å². The minimum Gasteiger partial charge on any atom is -0.497 e. The standard InChI is InChI=1S/C25H26N4O4/c1-31-20-5-3-18(4-6-20)21-13-24(28-15-27-21)29-10-8-19(9-11-29)25(30)26-14-17-2-7-22-23(12-17)33-16-32-22/h2-7,12-13,15,19H,8-11,14,16H2,1H3,(H,26,30). The third-order valence-corrected chi connectivity index (χ3v) is 6.13. The fraction of sp³-hybridized carbons (Fsp3) is 0.320. The molecule has 170 valence electrons. The molecule has 2 aliphatic rings. The van der Waals surface area contributed by atoms with E-state index >= 15 is 0 Å². The molecule has 1 aromatic heterocycles. The number of carbonyl (C=O) groups is 1. The molecule has 8 heteroatoms. The maximum Gasteiger partial charge on any atom is 0.231 e. The van der Waals surface area contributed by atoms with Gasteiger partial charge in [-0.3, -0.25) is 4.79 Å². The summed E-state index contributed by atoms with van der Waals surface area (Å²) in [4.78, 5) is 23.8. The van der Waals surface area contributed by atoms with E-state index in [9.17, 15) is 4.79 Å². The quantitative estimate of drug-likeness (QED) is 0.621. The Labute approximate surface area is 192 Å². The molecule has 0 aliphatic carbocycles. The van der Waals surface area contributed by atoms with Gasteiger partial charge in [-0.05, 0) is 54.8 Å². The number of ether oxygens (including phenoxy) is 3. The summed E-state index contributed by atoms with van der Waals surface area (Å²) >= 11 is 0. The first-order chi connectivity index (χ1) is 16.2. The summed E-state index contributed by atoms with van der Waals surface area (Å²) in [6.07, 6.45) is 3.17. The lowest BCUT2D eigenvalue weighted by atomic mass is 9.95. The van der Waals surface area contributed by atoms with Crippen molar-refractivity contribution in [3.8, 4) is 28.5 Å². The van der Waals surface area contributed by atoms with Crippen molar-refractivity contribution in [1.82, 2.24) is 15.3 Å². The molecule has 2 aliphatic heterocycles. The van der Waals surface area contributed by atoms with E-state index in [2.05, 4.69) is 20.2 Å². The molecule has 3 heterocycles. The molecule has 1 saturated heterocycles. The zero-order chi connectivity index (χ0) is 22.6. The van der Waals surface area contributed by atoms with Crippen molar-refractivity contribution in [3.63, 3.8) is 0 Å². The Morgan fingerprint density at radius 1 is 1.06 bits per heavy atom. The smallest absolute Gasteiger partial charge is 0.231 e. The van der Waals surface area contributed by atoms with Crippen LogP contribution in [-0.2, 0) is 11.3 Å². The zero-order valence-electron chi connectivity index (χ0n) is 18.5. The number of carbonyl (C=O) groups excluding carboxylic acids is 1. The molecule has 5 rings (SSSR count). The number of hydrogen-bond donors (Lipinski definition) is 1. The van der Waals surface area contributed by atoms with Gasteiger partial charge in [-0.2, -0.15) is 0 Å². The molecule has 1 N–H and O–H groups in total. The predicted octanol–water partition coefficient (Wildman–Crippen LogP) is 3.41. The van der Waals surface area contributed by atoms with E-state index in [0.717, 1.165) is 65.8 Å². The van der Waals surface area contributed by atoms with Crippen LogP contribution >= 0.6 is 0 Å². The van der Waals surface area contributed by atoms with E-state index in [0.29, 0.717) is 6.54 Å². The summed E-state index contributed by atoms with van der Waals surface area (Å²) in [7, 11) is 1.65. The first-order valence-electron chi connectivity index (χ1n) is 11.1. The van der Waals surface area contributed by atoms with Gasteiger partial charge in [0.05, 0.1) is 12.8 Å². The number of nitrogens with zero attached hydrogens (tertiary/aromatic N) is 3. The number of benzene rings is 2. The molecule has 8 nitrogen and oxygen atoms in total. The molecule has 0 atom stereocenters. The van der Waals surface area contributed by atoms with Gasteiger partial charge in [-0.15, -0.1) is 0 Å². The zero-order valence-corrected chi connectivity index (χ0v) is 18.5. The average molecular weight is 447 g/mol. The highest BCUT2D eigenvalue weighted by Crippen LogP contribution is 2.32. The second-order valence-corrected chi connectivity index (χ2v) is 8.16. The van der Waals surface area contributed by atoms with E-state index in [-0.39, 0.29) is 18.6 Å². The number of amides is 1. The van der Waals surface area contributed by atoms with Gasteiger partial charge in [0.25, 0.3) is 0 Å². The number of hydrogen-bond acceptors (Lipinski definition) is 7. The van der Waals surface area contributed by atoms with Crippen LogP contribution in [0.5, 0.6) is 17.2 Å². The number of aromatic nitrogens is 2. The third-order valence-electron chi connectivity index (χ3n) is 6.13. The van der Waals surface area contributed by atoms with Gasteiger partial charge in [0, 0.05) is 37.2 Å². The summed E-state index contributed by atoms with van der Waals surface area (Å²) in [5.74, 6) is 3.26. The lowest BCUT2D eigenvalue weighted by Crippen LogP contribution is -2.40. The van der Waals surface area contributed by atoms with Crippen LogP contribution in [0.3, 0.4) is 0 Å². The van der Waals surface area contributed by atoms with Gasteiger partial charge in [0.2, 0.25) is 12.7 Å². The van der Waals surface area contributed by atoms with E-state index < -0.39 is 0 Å². The highest BCUT2D eigenvalue weighted by molar-refractivity contribution is 5.79. The molecule has 0 radical (unpaired) electrons. The van der Waals surface area contributed by atoms with E-state index in [1.54, 1.807) is 13.4 Å². The van der Waals surface area contributed by atoms with Crippen LogP contribution in [0.1, 0.15) is 18.4 Å². The first-order valence-corrected chi connectivity index (χ1v) is 11.1. The van der Waals surface area contributed by atoms with Crippen molar-refractivity contribution in [1.29, 1.82) is 0 Å². The predicted molar refractivity (Wildman–Crippen MR) is 123 cm³/mol. The molecule has 3 aromatic rings. The highest BCUT2D eigenvalue weighted by Gasteiger charge is 2.26. The Morgan fingerprint density at radius 3 is 2.64 bits per heavy atom. The number of anilines is 1. The summed E-state index contributed by atoms with van der Waals surface area (Å²) < 4.78 is 16.0. The van der Waals surface area contributed by atoms with Crippen LogP contribution in [0, 0.1) is 5.92 Å². The molecule has 0 bridgehead atoms. The molecular formula is C25H26N4O4. The second kappa shape index (κ2) is 9.36. The Kier molecular flexibility index (Phi) is 5.97. The Balaban J connectivity index is 1.15. The molecule has 0 spiro atoms. The number of fused-ring (bicyclic) bond motifs is 1. The average Bonchev–Trinajstić information content (AvgIpc) is 3.35. The third kappa shape index (κ3) is 4.69. The summed E-state index contributed by atoms with van der Waals surface area (Å²) in [5.41, 5.74) is 2.88. The maximum absolute atomic E-state index is 12.7. The lowest BCUT2D eigenvalue weighted by Gasteiger charge is -2.32. The topological polar surface area (TPSA) is 85.8 Å². The SMILES string of the molecule is COc1ccc(-c2cc(N3CCC(C(=O)NCc4ccc5c(c4)OCO5)CC3)ncn2)cc1. The Morgan fingerprint density at radius 2 is 1.85 bits per heavy atom. The van der Waals surface area contributed by atoms with Crippen molar-refractivity contribution in [3.05, 3.63) is 60.4 Å². The van der Waals surface area contributed by atoms with Gasteiger partial charge < -0.3 is 24.4 Å². The van der Waals surface area contributed by atoms with Gasteiger partial charge >= 0.3 is 0 Å². The summed E-state index contributed by atoms with van der Waals surface area (Å²) in [5, 5.41) is 3.06. The van der Waals surface area contributed by atoms with Crippen LogP contribution in [0.2, 0.25) is 0 Å². The van der Waals surface area contributed by atoms with Crippen LogP contribution < -0.4 is 24.4 Å². The van der Waals surface area contributed by atoms with Crippen molar-refractivity contribution < 1.29 is 19.0 Å². The van der Waals surface area contributed by atoms with Gasteiger partial charge in [-0.25, -0.2) is 9.97 Å². The molecule has 33 heavy (non-hydrogen) atoms. The van der Waals surface area contributed by atoms with Crippen molar-refractivity contribution in [2.75, 3.05) is 31.9 Å². The first kappa shape index (κ1) is 21.1. The Hall–Kier alpha value is -3.81. The van der Waals surface area contributed by atoms with Gasteiger partial charge in [0.1, 0.15) is 17.9 Å². The minimum absolute atomic E-state index is 0.00171. The maximum atomic E-state index is 12.7. The van der Waals surface area contributed by atoms with Crippen molar-refractivity contribution in [2.24, 2.45) is 5.92 Å². The number of rotatable bonds is 6. The molecule has 2 aromatic carbocycles. The van der Waals surface area contributed by atoms with E-state index in [1.165, 1.54) is 0 Å². The molecule has 0 unspecified atom stereocenters. The van der Waals surface area contributed by atoms with Gasteiger partial charge in [0.15, 0.2) is 11.5 Å². The van der Waals surface area contributed by atoms with Crippen molar-refractivity contribution >= 4 is 11.7 Å². The van der Waals surface area contributed by atoms with Crippen LogP contribution in [0.4, 0.5) is 5.82 Å². The fourth-order valence-corrected chi connectivity index (χ4v) is 4.19. The van der Waals surface area contributed by atoms with Crippen LogP contribution in [0.15, 0.2) is 54.9 Å². The molecular weight excluding hydrogens is 420 g/mol. The largest absolute Gasteiger partial charge is 0.497 e.